The van der Waals surface area contributed by atoms with Gasteiger partial charge < -0.3 is 10.6 Å². The first kappa shape index (κ1) is 12.0. The number of hydrogen-bond acceptors (Lipinski definition) is 2. The third kappa shape index (κ3) is 3.27. The number of amides is 1. The quantitative estimate of drug-likeness (QED) is 0.836. The number of halogens is 1. The van der Waals surface area contributed by atoms with Gasteiger partial charge in [0.1, 0.15) is 5.82 Å². The minimum Gasteiger partial charge on any atom is -0.352 e. The SMILES string of the molecule is O=C(NCC1CCCNC1)c1ccccc1F. The highest BCUT2D eigenvalue weighted by molar-refractivity contribution is 5.94. The molecule has 0 spiro atoms. The normalized spacial score (nSPS) is 19.9. The fraction of sp³-hybridized carbons (Fsp3) is 0.462. The second-order valence-corrected chi connectivity index (χ2v) is 4.40. The van der Waals surface area contributed by atoms with E-state index in [0.29, 0.717) is 12.5 Å². The summed E-state index contributed by atoms with van der Waals surface area (Å²) in [4.78, 5) is 11.7. The lowest BCUT2D eigenvalue weighted by Gasteiger charge is -2.22. The van der Waals surface area contributed by atoms with Gasteiger partial charge in [-0.1, -0.05) is 12.1 Å². The van der Waals surface area contributed by atoms with Gasteiger partial charge in [-0.25, -0.2) is 4.39 Å². The average Bonchev–Trinajstić information content (AvgIpc) is 2.38. The zero-order valence-corrected chi connectivity index (χ0v) is 9.71. The summed E-state index contributed by atoms with van der Waals surface area (Å²) < 4.78 is 13.3. The van der Waals surface area contributed by atoms with E-state index in [1.54, 1.807) is 12.1 Å². The summed E-state index contributed by atoms with van der Waals surface area (Å²) in [7, 11) is 0. The van der Waals surface area contributed by atoms with Gasteiger partial charge in [-0.15, -0.1) is 0 Å². The van der Waals surface area contributed by atoms with Crippen molar-refractivity contribution in [3.05, 3.63) is 35.6 Å². The van der Waals surface area contributed by atoms with Crippen LogP contribution in [0.2, 0.25) is 0 Å². The molecule has 1 amide bonds. The van der Waals surface area contributed by atoms with Crippen molar-refractivity contribution < 1.29 is 9.18 Å². The van der Waals surface area contributed by atoms with Crippen LogP contribution in [0.4, 0.5) is 4.39 Å². The molecule has 0 radical (unpaired) electrons. The van der Waals surface area contributed by atoms with Gasteiger partial charge in [0.15, 0.2) is 0 Å². The Morgan fingerprint density at radius 3 is 3.00 bits per heavy atom. The minimum atomic E-state index is -0.466. The molecule has 1 heterocycles. The zero-order chi connectivity index (χ0) is 12.1. The number of piperidine rings is 1. The van der Waals surface area contributed by atoms with Crippen LogP contribution in [-0.4, -0.2) is 25.5 Å². The van der Waals surface area contributed by atoms with Crippen LogP contribution >= 0.6 is 0 Å². The van der Waals surface area contributed by atoms with E-state index in [9.17, 15) is 9.18 Å². The van der Waals surface area contributed by atoms with Crippen LogP contribution in [0.15, 0.2) is 24.3 Å². The van der Waals surface area contributed by atoms with E-state index >= 15 is 0 Å². The first-order valence-corrected chi connectivity index (χ1v) is 6.01. The molecule has 1 aliphatic heterocycles. The van der Waals surface area contributed by atoms with Crippen molar-refractivity contribution in [2.24, 2.45) is 5.92 Å². The van der Waals surface area contributed by atoms with Crippen LogP contribution in [0.5, 0.6) is 0 Å². The van der Waals surface area contributed by atoms with Crippen molar-refractivity contribution in [2.75, 3.05) is 19.6 Å². The summed E-state index contributed by atoms with van der Waals surface area (Å²) in [6, 6.07) is 6.05. The van der Waals surface area contributed by atoms with Gasteiger partial charge in [-0.3, -0.25) is 4.79 Å². The van der Waals surface area contributed by atoms with Crippen LogP contribution in [0.1, 0.15) is 23.2 Å². The van der Waals surface area contributed by atoms with Crippen LogP contribution in [0, 0.1) is 11.7 Å². The molecule has 1 atom stereocenters. The molecule has 2 N–H and O–H groups in total. The fourth-order valence-electron chi connectivity index (χ4n) is 2.08. The van der Waals surface area contributed by atoms with Crippen LogP contribution < -0.4 is 10.6 Å². The smallest absolute Gasteiger partial charge is 0.254 e. The molecule has 1 fully saturated rings. The summed E-state index contributed by atoms with van der Waals surface area (Å²) in [6.07, 6.45) is 2.25. The number of benzene rings is 1. The second-order valence-electron chi connectivity index (χ2n) is 4.40. The van der Waals surface area contributed by atoms with E-state index < -0.39 is 5.82 Å². The molecule has 92 valence electrons. The van der Waals surface area contributed by atoms with Gasteiger partial charge in [0.05, 0.1) is 5.56 Å². The first-order valence-electron chi connectivity index (χ1n) is 6.01. The molecule has 1 unspecified atom stereocenters. The van der Waals surface area contributed by atoms with Crippen molar-refractivity contribution in [1.29, 1.82) is 0 Å². The van der Waals surface area contributed by atoms with Gasteiger partial charge >= 0.3 is 0 Å². The summed E-state index contributed by atoms with van der Waals surface area (Å²) >= 11 is 0. The number of carbonyl (C=O) groups excluding carboxylic acids is 1. The Balaban J connectivity index is 1.87. The van der Waals surface area contributed by atoms with Gasteiger partial charge in [0.2, 0.25) is 0 Å². The van der Waals surface area contributed by atoms with Crippen LogP contribution in [0.3, 0.4) is 0 Å². The van der Waals surface area contributed by atoms with Gasteiger partial charge in [-0.2, -0.15) is 0 Å². The maximum atomic E-state index is 13.3. The molecule has 0 aromatic heterocycles. The molecule has 2 rings (SSSR count). The molecule has 3 nitrogen and oxygen atoms in total. The highest BCUT2D eigenvalue weighted by atomic mass is 19.1. The van der Waals surface area contributed by atoms with E-state index in [1.165, 1.54) is 12.1 Å². The van der Waals surface area contributed by atoms with E-state index in [-0.39, 0.29) is 11.5 Å². The van der Waals surface area contributed by atoms with Crippen LogP contribution in [0.25, 0.3) is 0 Å². The minimum absolute atomic E-state index is 0.122. The first-order chi connectivity index (χ1) is 8.27. The fourth-order valence-corrected chi connectivity index (χ4v) is 2.08. The van der Waals surface area contributed by atoms with E-state index in [0.717, 1.165) is 25.9 Å². The third-order valence-electron chi connectivity index (χ3n) is 3.07. The Morgan fingerprint density at radius 1 is 1.47 bits per heavy atom. The van der Waals surface area contributed by atoms with E-state index in [2.05, 4.69) is 10.6 Å². The molecule has 0 saturated carbocycles. The van der Waals surface area contributed by atoms with Crippen molar-refractivity contribution in [2.45, 2.75) is 12.8 Å². The van der Waals surface area contributed by atoms with Crippen molar-refractivity contribution in [3.63, 3.8) is 0 Å². The molecule has 1 aromatic rings. The van der Waals surface area contributed by atoms with E-state index in [4.69, 9.17) is 0 Å². The Morgan fingerprint density at radius 2 is 2.29 bits per heavy atom. The summed E-state index contributed by atoms with van der Waals surface area (Å²) in [5, 5.41) is 6.07. The molecule has 17 heavy (non-hydrogen) atoms. The molecule has 1 saturated heterocycles. The maximum absolute atomic E-state index is 13.3. The summed E-state index contributed by atoms with van der Waals surface area (Å²) in [5.74, 6) is -0.333. The number of nitrogens with one attached hydrogen (secondary N) is 2. The average molecular weight is 236 g/mol. The lowest BCUT2D eigenvalue weighted by Crippen LogP contribution is -2.38. The second kappa shape index (κ2) is 5.77. The molecule has 1 aromatic carbocycles. The molecular weight excluding hydrogens is 219 g/mol. The third-order valence-corrected chi connectivity index (χ3v) is 3.07. The highest BCUT2D eigenvalue weighted by Gasteiger charge is 2.15. The Kier molecular flexibility index (Phi) is 4.09. The maximum Gasteiger partial charge on any atom is 0.254 e. The molecule has 0 bridgehead atoms. The molecule has 4 heteroatoms. The Hall–Kier alpha value is -1.42. The topological polar surface area (TPSA) is 41.1 Å². The van der Waals surface area contributed by atoms with Crippen molar-refractivity contribution in [3.8, 4) is 0 Å². The predicted molar refractivity (Wildman–Crippen MR) is 64.3 cm³/mol. The summed E-state index contributed by atoms with van der Waals surface area (Å²) in [5.41, 5.74) is 0.122. The number of rotatable bonds is 3. The predicted octanol–water partition coefficient (Wildman–Crippen LogP) is 1.56. The van der Waals surface area contributed by atoms with Crippen molar-refractivity contribution >= 4 is 5.91 Å². The Labute approximate surface area is 100 Å². The highest BCUT2D eigenvalue weighted by Crippen LogP contribution is 2.10. The van der Waals surface area contributed by atoms with Crippen LogP contribution in [-0.2, 0) is 0 Å². The zero-order valence-electron chi connectivity index (χ0n) is 9.71. The molecule has 0 aliphatic carbocycles. The van der Waals surface area contributed by atoms with Gasteiger partial charge in [0, 0.05) is 6.54 Å². The summed E-state index contributed by atoms with van der Waals surface area (Å²) in [6.45, 7) is 2.59. The monoisotopic (exact) mass is 236 g/mol. The largest absolute Gasteiger partial charge is 0.352 e. The molecule has 1 aliphatic rings. The van der Waals surface area contributed by atoms with E-state index in [1.807, 2.05) is 0 Å². The molecular formula is C13H17FN2O. The van der Waals surface area contributed by atoms with Gasteiger partial charge in [0.25, 0.3) is 5.91 Å². The number of hydrogen-bond donors (Lipinski definition) is 2. The standard InChI is InChI=1S/C13H17FN2O/c14-12-6-2-1-5-11(12)13(17)16-9-10-4-3-7-15-8-10/h1-2,5-6,10,15H,3-4,7-9H2,(H,16,17). The lowest BCUT2D eigenvalue weighted by molar-refractivity contribution is 0.0941. The number of carbonyl (C=O) groups is 1. The Bertz CT molecular complexity index is 389. The van der Waals surface area contributed by atoms with Gasteiger partial charge in [-0.05, 0) is 44.0 Å². The van der Waals surface area contributed by atoms with Crippen molar-refractivity contribution in [1.82, 2.24) is 10.6 Å². The lowest BCUT2D eigenvalue weighted by atomic mass is 9.99.